The Kier molecular flexibility index (Phi) is 5.21. The third-order valence-corrected chi connectivity index (χ3v) is 4.70. The van der Waals surface area contributed by atoms with Gasteiger partial charge in [-0.15, -0.1) is 0 Å². The van der Waals surface area contributed by atoms with Crippen LogP contribution in [-0.4, -0.2) is 29.6 Å². The van der Waals surface area contributed by atoms with E-state index >= 15 is 0 Å². The summed E-state index contributed by atoms with van der Waals surface area (Å²) in [5.74, 6) is -1.71. The van der Waals surface area contributed by atoms with Gasteiger partial charge in [0.2, 0.25) is 5.84 Å². The molecule has 0 bridgehead atoms. The van der Waals surface area contributed by atoms with Crippen LogP contribution in [0.2, 0.25) is 0 Å². The molecule has 1 heterocycles. The van der Waals surface area contributed by atoms with Gasteiger partial charge in [0.25, 0.3) is 0 Å². The van der Waals surface area contributed by atoms with Gasteiger partial charge in [0.15, 0.2) is 0 Å². The molecule has 26 heavy (non-hydrogen) atoms. The van der Waals surface area contributed by atoms with Gasteiger partial charge in [-0.05, 0) is 30.4 Å². The summed E-state index contributed by atoms with van der Waals surface area (Å²) in [4.78, 5) is 17.1. The Labute approximate surface area is 152 Å². The highest BCUT2D eigenvalue weighted by Crippen LogP contribution is 2.37. The number of hydrogen-bond acceptors (Lipinski definition) is 3. The number of halogens is 1. The standard InChI is InChI=1S/C20H22FN3O2/c1-13-10-11-24(17(12-13)23-19(22)20(25)26)18-15(8-5-9-16(18)21)14-6-3-2-4-7-14/h2-9,13,17H,10-12H2,1H3,(H2,22,23)(H,25,26). The lowest BCUT2D eigenvalue weighted by atomic mass is 9.94. The minimum atomic E-state index is -1.26. The number of aliphatic imine (C=N–C) groups is 1. The van der Waals surface area contributed by atoms with Gasteiger partial charge in [0, 0.05) is 12.1 Å². The van der Waals surface area contributed by atoms with E-state index in [2.05, 4.69) is 11.9 Å². The number of aliphatic carboxylic acids is 1. The smallest absolute Gasteiger partial charge is 0.371 e. The van der Waals surface area contributed by atoms with E-state index in [4.69, 9.17) is 10.8 Å². The van der Waals surface area contributed by atoms with Crippen molar-refractivity contribution >= 4 is 17.5 Å². The zero-order valence-corrected chi connectivity index (χ0v) is 14.6. The molecule has 0 aliphatic carbocycles. The second kappa shape index (κ2) is 7.56. The molecular weight excluding hydrogens is 333 g/mol. The van der Waals surface area contributed by atoms with Crippen LogP contribution < -0.4 is 10.6 Å². The molecule has 1 aliphatic heterocycles. The van der Waals surface area contributed by atoms with E-state index in [1.807, 2.05) is 41.3 Å². The van der Waals surface area contributed by atoms with Crippen molar-refractivity contribution in [3.05, 3.63) is 54.3 Å². The van der Waals surface area contributed by atoms with Crippen LogP contribution in [-0.2, 0) is 4.79 Å². The van der Waals surface area contributed by atoms with Gasteiger partial charge in [0.05, 0.1) is 5.69 Å². The first-order valence-corrected chi connectivity index (χ1v) is 8.64. The first-order chi connectivity index (χ1) is 12.5. The fourth-order valence-corrected chi connectivity index (χ4v) is 3.37. The first kappa shape index (κ1) is 17.9. The molecule has 2 atom stereocenters. The first-order valence-electron chi connectivity index (χ1n) is 8.64. The lowest BCUT2D eigenvalue weighted by Crippen LogP contribution is -2.43. The highest BCUT2D eigenvalue weighted by molar-refractivity contribution is 6.33. The number of para-hydroxylation sites is 1. The molecule has 1 fully saturated rings. The Morgan fingerprint density at radius 2 is 1.96 bits per heavy atom. The topological polar surface area (TPSA) is 78.9 Å². The van der Waals surface area contributed by atoms with Crippen molar-refractivity contribution in [2.24, 2.45) is 16.6 Å². The van der Waals surface area contributed by atoms with Gasteiger partial charge in [-0.2, -0.15) is 0 Å². The molecule has 0 aromatic heterocycles. The summed E-state index contributed by atoms with van der Waals surface area (Å²) in [6.45, 7) is 2.67. The molecule has 1 aliphatic rings. The van der Waals surface area contributed by atoms with Gasteiger partial charge < -0.3 is 15.7 Å². The molecule has 1 saturated heterocycles. The van der Waals surface area contributed by atoms with E-state index in [1.54, 1.807) is 6.07 Å². The molecule has 2 aromatic carbocycles. The van der Waals surface area contributed by atoms with Crippen LogP contribution in [0.3, 0.4) is 0 Å². The number of benzene rings is 2. The maximum atomic E-state index is 14.8. The Balaban J connectivity index is 2.08. The second-order valence-corrected chi connectivity index (χ2v) is 6.63. The van der Waals surface area contributed by atoms with Crippen molar-refractivity contribution in [1.29, 1.82) is 0 Å². The van der Waals surface area contributed by atoms with Crippen LogP contribution >= 0.6 is 0 Å². The molecule has 0 radical (unpaired) electrons. The number of carbonyl (C=O) groups is 1. The quantitative estimate of drug-likeness (QED) is 0.652. The van der Waals surface area contributed by atoms with Gasteiger partial charge in [-0.25, -0.2) is 14.2 Å². The normalized spacial score (nSPS) is 20.8. The monoisotopic (exact) mass is 355 g/mol. The number of carboxylic acids is 1. The van der Waals surface area contributed by atoms with Crippen molar-refractivity contribution in [2.75, 3.05) is 11.4 Å². The van der Waals surface area contributed by atoms with Crippen molar-refractivity contribution in [1.82, 2.24) is 0 Å². The maximum absolute atomic E-state index is 14.8. The lowest BCUT2D eigenvalue weighted by molar-refractivity contribution is -0.129. The minimum absolute atomic E-state index is 0.352. The van der Waals surface area contributed by atoms with Crippen molar-refractivity contribution < 1.29 is 14.3 Å². The summed E-state index contributed by atoms with van der Waals surface area (Å²) < 4.78 is 14.8. The van der Waals surface area contributed by atoms with Crippen molar-refractivity contribution in [2.45, 2.75) is 25.9 Å². The van der Waals surface area contributed by atoms with Gasteiger partial charge in [-0.1, -0.05) is 49.4 Å². The van der Waals surface area contributed by atoms with Gasteiger partial charge >= 0.3 is 5.97 Å². The molecule has 0 amide bonds. The lowest BCUT2D eigenvalue weighted by Gasteiger charge is -2.39. The SMILES string of the molecule is CC1CCN(c2c(F)cccc2-c2ccccc2)C(/N=C(\N)C(=O)O)C1. The Bertz CT molecular complexity index is 823. The molecule has 2 aromatic rings. The fourth-order valence-electron chi connectivity index (χ4n) is 3.37. The average molecular weight is 355 g/mol. The zero-order chi connectivity index (χ0) is 18.7. The predicted molar refractivity (Wildman–Crippen MR) is 101 cm³/mol. The van der Waals surface area contributed by atoms with Crippen molar-refractivity contribution in [3.8, 4) is 11.1 Å². The molecule has 3 N–H and O–H groups in total. The van der Waals surface area contributed by atoms with E-state index in [1.165, 1.54) is 6.07 Å². The van der Waals surface area contributed by atoms with E-state index in [0.717, 1.165) is 17.5 Å². The summed E-state index contributed by atoms with van der Waals surface area (Å²) >= 11 is 0. The average Bonchev–Trinajstić information content (AvgIpc) is 2.63. The number of nitrogens with two attached hydrogens (primary N) is 1. The van der Waals surface area contributed by atoms with Crippen LogP contribution in [0.5, 0.6) is 0 Å². The number of carboxylic acid groups (broad SMARTS) is 1. The van der Waals surface area contributed by atoms with E-state index < -0.39 is 18.0 Å². The number of piperidine rings is 1. The van der Waals surface area contributed by atoms with Crippen LogP contribution in [0.15, 0.2) is 53.5 Å². The van der Waals surface area contributed by atoms with Crippen LogP contribution in [0.4, 0.5) is 10.1 Å². The van der Waals surface area contributed by atoms with Crippen LogP contribution in [0.25, 0.3) is 11.1 Å². The fraction of sp³-hybridized carbons (Fsp3) is 0.300. The molecule has 0 saturated carbocycles. The summed E-state index contributed by atoms with van der Waals surface area (Å²) in [5, 5.41) is 9.07. The maximum Gasteiger partial charge on any atom is 0.371 e. The summed E-state index contributed by atoms with van der Waals surface area (Å²) in [6.07, 6.45) is 0.993. The zero-order valence-electron chi connectivity index (χ0n) is 14.6. The molecule has 2 unspecified atom stereocenters. The third kappa shape index (κ3) is 3.69. The Morgan fingerprint density at radius 3 is 2.65 bits per heavy atom. The highest BCUT2D eigenvalue weighted by Gasteiger charge is 2.30. The van der Waals surface area contributed by atoms with Gasteiger partial charge in [0.1, 0.15) is 12.0 Å². The number of rotatable bonds is 3. The molecule has 6 heteroatoms. The summed E-state index contributed by atoms with van der Waals surface area (Å²) in [5.41, 5.74) is 7.65. The Morgan fingerprint density at radius 1 is 1.23 bits per heavy atom. The third-order valence-electron chi connectivity index (χ3n) is 4.70. The molecule has 3 rings (SSSR count). The summed E-state index contributed by atoms with van der Waals surface area (Å²) in [7, 11) is 0. The van der Waals surface area contributed by atoms with Crippen LogP contribution in [0, 0.1) is 11.7 Å². The molecule has 0 spiro atoms. The largest absolute Gasteiger partial charge is 0.475 e. The Hall–Kier alpha value is -2.89. The molecular formula is C20H22FN3O2. The number of amidine groups is 1. The van der Waals surface area contributed by atoms with E-state index in [9.17, 15) is 9.18 Å². The van der Waals surface area contributed by atoms with Crippen molar-refractivity contribution in [3.63, 3.8) is 0 Å². The van der Waals surface area contributed by atoms with E-state index in [0.29, 0.717) is 24.6 Å². The van der Waals surface area contributed by atoms with E-state index in [-0.39, 0.29) is 5.82 Å². The van der Waals surface area contributed by atoms with Gasteiger partial charge in [-0.3, -0.25) is 0 Å². The second-order valence-electron chi connectivity index (χ2n) is 6.63. The predicted octanol–water partition coefficient (Wildman–Crippen LogP) is 3.50. The number of hydrogen-bond donors (Lipinski definition) is 2. The minimum Gasteiger partial charge on any atom is -0.475 e. The number of anilines is 1. The summed E-state index contributed by atoms with van der Waals surface area (Å²) in [6, 6.07) is 14.5. The highest BCUT2D eigenvalue weighted by atomic mass is 19.1. The van der Waals surface area contributed by atoms with Crippen LogP contribution in [0.1, 0.15) is 19.8 Å². The number of nitrogens with zero attached hydrogens (tertiary/aromatic N) is 2. The molecule has 136 valence electrons. The molecule has 5 nitrogen and oxygen atoms in total.